The van der Waals surface area contributed by atoms with Gasteiger partial charge in [-0.15, -0.1) is 10.2 Å². The Labute approximate surface area is 185 Å². The fourth-order valence-corrected chi connectivity index (χ4v) is 4.15. The molecule has 2 N–H and O–H groups in total. The molecule has 0 radical (unpaired) electrons. The summed E-state index contributed by atoms with van der Waals surface area (Å²) < 4.78 is 1.92. The van der Waals surface area contributed by atoms with Crippen LogP contribution in [0.5, 0.6) is 0 Å². The number of benzene rings is 1. The van der Waals surface area contributed by atoms with Gasteiger partial charge in [-0.25, -0.2) is 4.79 Å². The van der Waals surface area contributed by atoms with Crippen molar-refractivity contribution in [2.24, 2.45) is 0 Å². The highest BCUT2D eigenvalue weighted by molar-refractivity contribution is 8.00. The van der Waals surface area contributed by atoms with Gasteiger partial charge in [-0.1, -0.05) is 29.4 Å². The number of amides is 3. The summed E-state index contributed by atoms with van der Waals surface area (Å²) in [5.41, 5.74) is 0.396. The van der Waals surface area contributed by atoms with Crippen LogP contribution in [0, 0.1) is 0 Å². The van der Waals surface area contributed by atoms with Gasteiger partial charge in [-0.3, -0.25) is 14.7 Å². The zero-order valence-electron chi connectivity index (χ0n) is 17.6. The molecule has 1 aliphatic heterocycles. The lowest BCUT2D eigenvalue weighted by atomic mass is 10.1. The maximum atomic E-state index is 12.5. The average molecular weight is 451 g/mol. The predicted octanol–water partition coefficient (Wildman–Crippen LogP) is 3.63. The summed E-state index contributed by atoms with van der Waals surface area (Å²) >= 11 is 7.46. The van der Waals surface area contributed by atoms with Crippen molar-refractivity contribution in [3.8, 4) is 5.69 Å². The van der Waals surface area contributed by atoms with Gasteiger partial charge in [0.05, 0.1) is 10.9 Å². The van der Waals surface area contributed by atoms with Crippen LogP contribution in [-0.4, -0.2) is 50.6 Å². The molecular weight excluding hydrogens is 424 g/mol. The van der Waals surface area contributed by atoms with Crippen LogP contribution in [-0.2, 0) is 4.79 Å². The van der Waals surface area contributed by atoms with Gasteiger partial charge in [-0.2, -0.15) is 0 Å². The molecule has 8 nitrogen and oxygen atoms in total. The largest absolute Gasteiger partial charge is 0.341 e. The van der Waals surface area contributed by atoms with Crippen molar-refractivity contribution in [2.75, 3.05) is 18.0 Å². The van der Waals surface area contributed by atoms with Crippen LogP contribution in [0.25, 0.3) is 5.69 Å². The number of carbonyl (C=O) groups is 2. The molecule has 1 atom stereocenters. The van der Waals surface area contributed by atoms with Crippen LogP contribution in [0.3, 0.4) is 0 Å². The number of anilines is 1. The molecule has 30 heavy (non-hydrogen) atoms. The second-order valence-corrected chi connectivity index (χ2v) is 9.99. The van der Waals surface area contributed by atoms with E-state index in [1.165, 1.54) is 11.8 Å². The number of aromatic nitrogens is 3. The van der Waals surface area contributed by atoms with Crippen molar-refractivity contribution in [1.82, 2.24) is 25.4 Å². The molecule has 0 bridgehead atoms. The number of rotatable bonds is 5. The van der Waals surface area contributed by atoms with E-state index in [-0.39, 0.29) is 0 Å². The Morgan fingerprint density at radius 1 is 1.20 bits per heavy atom. The quantitative estimate of drug-likeness (QED) is 0.676. The van der Waals surface area contributed by atoms with E-state index in [2.05, 4.69) is 25.7 Å². The first-order valence-electron chi connectivity index (χ1n) is 9.90. The zero-order chi connectivity index (χ0) is 21.9. The summed E-state index contributed by atoms with van der Waals surface area (Å²) in [6, 6.07) is 6.93. The van der Waals surface area contributed by atoms with Gasteiger partial charge in [-0.05, 0) is 58.7 Å². The second kappa shape index (κ2) is 9.26. The summed E-state index contributed by atoms with van der Waals surface area (Å²) in [5, 5.41) is 14.5. The number of hydrogen-bond acceptors (Lipinski definition) is 6. The Balaban J connectivity index is 1.81. The zero-order valence-corrected chi connectivity index (χ0v) is 19.2. The topological polar surface area (TPSA) is 92.2 Å². The van der Waals surface area contributed by atoms with Crippen LogP contribution < -0.4 is 15.5 Å². The molecule has 1 aliphatic rings. The molecule has 1 saturated heterocycles. The minimum atomic E-state index is -0.552. The van der Waals surface area contributed by atoms with Crippen molar-refractivity contribution >= 4 is 41.2 Å². The summed E-state index contributed by atoms with van der Waals surface area (Å²) in [6.45, 7) is 9.10. The van der Waals surface area contributed by atoms with Crippen LogP contribution in [0.4, 0.5) is 10.7 Å². The van der Waals surface area contributed by atoms with Crippen molar-refractivity contribution < 1.29 is 9.59 Å². The molecule has 0 unspecified atom stereocenters. The number of nitrogens with one attached hydrogen (secondary N) is 2. The SMILES string of the molecule is C[C@@H](Sc1nnc(N2CCCC2)n1-c1cccc(Cl)c1)C(=O)NC(=O)NC(C)(C)C. The smallest absolute Gasteiger partial charge is 0.321 e. The first kappa shape index (κ1) is 22.4. The molecule has 2 heterocycles. The molecule has 1 aromatic heterocycles. The molecule has 0 aliphatic carbocycles. The van der Waals surface area contributed by atoms with E-state index >= 15 is 0 Å². The number of imide groups is 1. The third-order valence-corrected chi connectivity index (χ3v) is 5.73. The minimum absolute atomic E-state index is 0.398. The maximum absolute atomic E-state index is 12.5. The van der Waals surface area contributed by atoms with E-state index in [9.17, 15) is 9.59 Å². The Morgan fingerprint density at radius 3 is 2.53 bits per heavy atom. The van der Waals surface area contributed by atoms with Gasteiger partial charge in [0.25, 0.3) is 0 Å². The van der Waals surface area contributed by atoms with Crippen LogP contribution in [0.2, 0.25) is 5.02 Å². The third kappa shape index (κ3) is 5.66. The molecular formula is C20H27ClN6O2S. The van der Waals surface area contributed by atoms with E-state index in [4.69, 9.17) is 11.6 Å². The number of hydrogen-bond donors (Lipinski definition) is 2. The number of nitrogens with zero attached hydrogens (tertiary/aromatic N) is 4. The Bertz CT molecular complexity index is 920. The molecule has 0 spiro atoms. The van der Waals surface area contributed by atoms with Crippen LogP contribution in [0.15, 0.2) is 29.4 Å². The standard InChI is InChI=1S/C20H27ClN6O2S/c1-13(16(28)22-17(29)23-20(2,3)4)30-19-25-24-18(26-10-5-6-11-26)27(19)15-9-7-8-14(21)12-15/h7-9,12-13H,5-6,10-11H2,1-4H3,(H2,22,23,28,29)/t13-/m1/s1. The Kier molecular flexibility index (Phi) is 6.92. The van der Waals surface area contributed by atoms with Crippen LogP contribution >= 0.6 is 23.4 Å². The van der Waals surface area contributed by atoms with E-state index in [1.807, 2.05) is 49.6 Å². The van der Waals surface area contributed by atoms with Gasteiger partial charge in [0.2, 0.25) is 11.9 Å². The van der Waals surface area contributed by atoms with E-state index in [0.717, 1.165) is 37.6 Å². The molecule has 1 aromatic carbocycles. The molecule has 10 heteroatoms. The lowest BCUT2D eigenvalue weighted by molar-refractivity contribution is -0.119. The molecule has 0 saturated carbocycles. The van der Waals surface area contributed by atoms with Crippen molar-refractivity contribution in [3.63, 3.8) is 0 Å². The fourth-order valence-electron chi connectivity index (χ4n) is 3.10. The van der Waals surface area contributed by atoms with Gasteiger partial charge in [0.15, 0.2) is 5.16 Å². The highest BCUT2D eigenvalue weighted by Gasteiger charge is 2.26. The minimum Gasteiger partial charge on any atom is -0.341 e. The summed E-state index contributed by atoms with van der Waals surface area (Å²) in [7, 11) is 0. The normalized spacial score (nSPS) is 15.2. The monoisotopic (exact) mass is 450 g/mol. The third-order valence-electron chi connectivity index (χ3n) is 4.45. The lowest BCUT2D eigenvalue weighted by Crippen LogP contribution is -2.49. The van der Waals surface area contributed by atoms with Gasteiger partial charge >= 0.3 is 6.03 Å². The van der Waals surface area contributed by atoms with Gasteiger partial charge < -0.3 is 10.2 Å². The average Bonchev–Trinajstić information content (AvgIpc) is 3.29. The highest BCUT2D eigenvalue weighted by Crippen LogP contribution is 2.31. The molecule has 162 valence electrons. The number of carbonyl (C=O) groups excluding carboxylic acids is 2. The first-order chi connectivity index (χ1) is 14.1. The predicted molar refractivity (Wildman–Crippen MR) is 120 cm³/mol. The highest BCUT2D eigenvalue weighted by atomic mass is 35.5. The van der Waals surface area contributed by atoms with Crippen molar-refractivity contribution in [1.29, 1.82) is 0 Å². The first-order valence-corrected chi connectivity index (χ1v) is 11.2. The fraction of sp³-hybridized carbons (Fsp3) is 0.500. The number of thioether (sulfide) groups is 1. The Hall–Kier alpha value is -2.26. The summed E-state index contributed by atoms with van der Waals surface area (Å²) in [6.07, 6.45) is 2.21. The van der Waals surface area contributed by atoms with E-state index < -0.39 is 22.7 Å². The lowest BCUT2D eigenvalue weighted by Gasteiger charge is -2.21. The van der Waals surface area contributed by atoms with Gasteiger partial charge in [0.1, 0.15) is 0 Å². The second-order valence-electron chi connectivity index (χ2n) is 8.25. The van der Waals surface area contributed by atoms with Gasteiger partial charge in [0, 0.05) is 23.7 Å². The molecule has 3 rings (SSSR count). The number of urea groups is 1. The summed E-state index contributed by atoms with van der Waals surface area (Å²) in [5.74, 6) is 0.334. The molecule has 3 amide bonds. The number of halogens is 1. The Morgan fingerprint density at radius 2 is 1.90 bits per heavy atom. The molecule has 1 fully saturated rings. The summed E-state index contributed by atoms with van der Waals surface area (Å²) in [4.78, 5) is 26.7. The van der Waals surface area contributed by atoms with Crippen LogP contribution in [0.1, 0.15) is 40.5 Å². The van der Waals surface area contributed by atoms with E-state index in [0.29, 0.717) is 10.2 Å². The van der Waals surface area contributed by atoms with Crippen molar-refractivity contribution in [2.45, 2.75) is 56.5 Å². The van der Waals surface area contributed by atoms with E-state index in [1.54, 1.807) is 6.92 Å². The maximum Gasteiger partial charge on any atom is 0.321 e. The molecule has 2 aromatic rings. The van der Waals surface area contributed by atoms with Crippen molar-refractivity contribution in [3.05, 3.63) is 29.3 Å².